The van der Waals surface area contributed by atoms with Gasteiger partial charge in [-0.05, 0) is 19.8 Å². The molecule has 0 radical (unpaired) electrons. The van der Waals surface area contributed by atoms with Crippen molar-refractivity contribution in [3.63, 3.8) is 0 Å². The molecule has 2 aromatic rings. The van der Waals surface area contributed by atoms with Gasteiger partial charge in [0, 0.05) is 26.1 Å². The molecule has 0 N–H and O–H groups in total. The van der Waals surface area contributed by atoms with E-state index < -0.39 is 0 Å². The molecule has 0 spiro atoms. The zero-order valence-electron chi connectivity index (χ0n) is 11.8. The fourth-order valence-corrected chi connectivity index (χ4v) is 3.11. The lowest BCUT2D eigenvalue weighted by atomic mass is 10.2. The van der Waals surface area contributed by atoms with E-state index >= 15 is 0 Å². The first-order valence-electron chi connectivity index (χ1n) is 7.39. The van der Waals surface area contributed by atoms with Crippen molar-refractivity contribution >= 4 is 17.0 Å². The van der Waals surface area contributed by atoms with Crippen molar-refractivity contribution in [3.8, 4) is 0 Å². The molecule has 0 aliphatic carbocycles. The van der Waals surface area contributed by atoms with E-state index in [4.69, 9.17) is 9.72 Å². The first-order chi connectivity index (χ1) is 9.83. The summed E-state index contributed by atoms with van der Waals surface area (Å²) in [5.41, 5.74) is 1.98. The topological polar surface area (TPSA) is 56.1 Å². The fraction of sp³-hybridized carbons (Fsp3) is 0.643. The molecule has 0 atom stereocenters. The summed E-state index contributed by atoms with van der Waals surface area (Å²) < 4.78 is 7.71. The van der Waals surface area contributed by atoms with E-state index in [0.717, 1.165) is 62.1 Å². The Morgan fingerprint density at radius 2 is 1.85 bits per heavy atom. The minimum atomic E-state index is 0.762. The Balaban J connectivity index is 1.89. The Morgan fingerprint density at radius 3 is 2.70 bits per heavy atom. The molecule has 0 aromatic carbocycles. The predicted octanol–water partition coefficient (Wildman–Crippen LogP) is 1.31. The minimum Gasteiger partial charge on any atom is -0.378 e. The Morgan fingerprint density at radius 1 is 1.00 bits per heavy atom. The zero-order valence-corrected chi connectivity index (χ0v) is 11.8. The number of ether oxygens (including phenoxy) is 1. The van der Waals surface area contributed by atoms with Crippen LogP contribution in [0, 0.1) is 6.92 Å². The normalized spacial score (nSPS) is 19.4. The van der Waals surface area contributed by atoms with Gasteiger partial charge in [0.1, 0.15) is 11.6 Å². The van der Waals surface area contributed by atoms with Crippen molar-refractivity contribution in [2.24, 2.45) is 0 Å². The highest BCUT2D eigenvalue weighted by atomic mass is 16.5. The van der Waals surface area contributed by atoms with Gasteiger partial charge < -0.3 is 14.2 Å². The second-order valence-electron chi connectivity index (χ2n) is 5.50. The van der Waals surface area contributed by atoms with Gasteiger partial charge in [-0.15, -0.1) is 0 Å². The summed E-state index contributed by atoms with van der Waals surface area (Å²) in [7, 11) is 0. The molecule has 1 saturated heterocycles. The number of morpholine rings is 1. The quantitative estimate of drug-likeness (QED) is 0.784. The third kappa shape index (κ3) is 1.86. The van der Waals surface area contributed by atoms with Gasteiger partial charge >= 0.3 is 0 Å². The number of aromatic nitrogens is 4. The maximum absolute atomic E-state index is 5.43. The largest absolute Gasteiger partial charge is 0.378 e. The molecule has 2 aliphatic heterocycles. The molecule has 20 heavy (non-hydrogen) atoms. The number of aryl methyl sites for hydroxylation is 3. The molecule has 4 rings (SSSR count). The van der Waals surface area contributed by atoms with E-state index in [9.17, 15) is 0 Å². The molecule has 6 heteroatoms. The number of rotatable bonds is 1. The molecule has 0 amide bonds. The molecule has 0 saturated carbocycles. The number of hydrogen-bond donors (Lipinski definition) is 0. The summed E-state index contributed by atoms with van der Waals surface area (Å²) in [5, 5.41) is 0. The molecular weight excluding hydrogens is 254 g/mol. The molecule has 106 valence electrons. The van der Waals surface area contributed by atoms with E-state index in [1.807, 2.05) is 6.92 Å². The van der Waals surface area contributed by atoms with Gasteiger partial charge in [-0.1, -0.05) is 0 Å². The van der Waals surface area contributed by atoms with Gasteiger partial charge in [0.25, 0.3) is 0 Å². The van der Waals surface area contributed by atoms with Gasteiger partial charge in [-0.25, -0.2) is 15.0 Å². The van der Waals surface area contributed by atoms with Crippen LogP contribution >= 0.6 is 0 Å². The van der Waals surface area contributed by atoms with Crippen LogP contribution in [0.5, 0.6) is 0 Å². The number of imidazole rings is 1. The predicted molar refractivity (Wildman–Crippen MR) is 76.0 cm³/mol. The zero-order chi connectivity index (χ0) is 13.5. The molecule has 1 fully saturated rings. The van der Waals surface area contributed by atoms with Crippen LogP contribution in [-0.4, -0.2) is 45.8 Å². The summed E-state index contributed by atoms with van der Waals surface area (Å²) in [4.78, 5) is 16.4. The molecule has 6 nitrogen and oxygen atoms in total. The van der Waals surface area contributed by atoms with Crippen LogP contribution in [0.15, 0.2) is 0 Å². The number of hydrogen-bond acceptors (Lipinski definition) is 5. The summed E-state index contributed by atoms with van der Waals surface area (Å²) in [5.74, 6) is 2.98. The summed E-state index contributed by atoms with van der Waals surface area (Å²) >= 11 is 0. The SMILES string of the molecule is Cc1nc(N2CCOCC2)c2nc3n(c2n1)CCCC3. The van der Waals surface area contributed by atoms with E-state index in [1.54, 1.807) is 0 Å². The van der Waals surface area contributed by atoms with Gasteiger partial charge in [0.05, 0.1) is 13.2 Å². The second-order valence-corrected chi connectivity index (χ2v) is 5.50. The van der Waals surface area contributed by atoms with Crippen LogP contribution in [0.25, 0.3) is 11.2 Å². The summed E-state index contributed by atoms with van der Waals surface area (Å²) in [6, 6.07) is 0. The molecular formula is C14H19N5O. The number of fused-ring (bicyclic) bond motifs is 3. The maximum Gasteiger partial charge on any atom is 0.165 e. The molecule has 2 aromatic heterocycles. The van der Waals surface area contributed by atoms with Gasteiger partial charge in [0.15, 0.2) is 17.0 Å². The number of nitrogens with zero attached hydrogens (tertiary/aromatic N) is 5. The standard InChI is InChI=1S/C14H19N5O/c1-10-15-13(18-6-8-20-9-7-18)12-14(16-10)19-5-3-2-4-11(19)17-12/h2-9H2,1H3. The van der Waals surface area contributed by atoms with Crippen LogP contribution in [-0.2, 0) is 17.7 Å². The smallest absolute Gasteiger partial charge is 0.165 e. The van der Waals surface area contributed by atoms with E-state index in [0.29, 0.717) is 0 Å². The lowest BCUT2D eigenvalue weighted by molar-refractivity contribution is 0.122. The Hall–Kier alpha value is -1.69. The Kier molecular flexibility index (Phi) is 2.84. The van der Waals surface area contributed by atoms with Crippen LogP contribution < -0.4 is 4.90 Å². The van der Waals surface area contributed by atoms with E-state index in [2.05, 4.69) is 19.4 Å². The van der Waals surface area contributed by atoms with E-state index in [-0.39, 0.29) is 0 Å². The monoisotopic (exact) mass is 273 g/mol. The molecule has 2 aliphatic rings. The summed E-state index contributed by atoms with van der Waals surface area (Å²) in [6.07, 6.45) is 3.50. The Bertz CT molecular complexity index is 645. The first kappa shape index (κ1) is 12.1. The molecule has 0 bridgehead atoms. The van der Waals surface area contributed by atoms with Gasteiger partial charge in [0.2, 0.25) is 0 Å². The van der Waals surface area contributed by atoms with Gasteiger partial charge in [-0.3, -0.25) is 0 Å². The lowest BCUT2D eigenvalue weighted by Gasteiger charge is -2.27. The average molecular weight is 273 g/mol. The minimum absolute atomic E-state index is 0.762. The number of anilines is 1. The molecule has 0 unspecified atom stereocenters. The first-order valence-corrected chi connectivity index (χ1v) is 7.39. The fourth-order valence-electron chi connectivity index (χ4n) is 3.11. The third-order valence-electron chi connectivity index (χ3n) is 4.11. The van der Waals surface area contributed by atoms with Crippen molar-refractivity contribution < 1.29 is 4.74 Å². The van der Waals surface area contributed by atoms with Crippen molar-refractivity contribution in [1.82, 2.24) is 19.5 Å². The van der Waals surface area contributed by atoms with Crippen molar-refractivity contribution in [2.45, 2.75) is 32.7 Å². The highest BCUT2D eigenvalue weighted by molar-refractivity contribution is 5.84. The third-order valence-corrected chi connectivity index (χ3v) is 4.11. The second kappa shape index (κ2) is 4.70. The average Bonchev–Trinajstić information content (AvgIpc) is 2.86. The van der Waals surface area contributed by atoms with E-state index in [1.165, 1.54) is 18.7 Å². The highest BCUT2D eigenvalue weighted by Crippen LogP contribution is 2.27. The highest BCUT2D eigenvalue weighted by Gasteiger charge is 2.23. The Labute approximate surface area is 117 Å². The van der Waals surface area contributed by atoms with Crippen LogP contribution in [0.2, 0.25) is 0 Å². The lowest BCUT2D eigenvalue weighted by Crippen LogP contribution is -2.37. The van der Waals surface area contributed by atoms with Crippen molar-refractivity contribution in [1.29, 1.82) is 0 Å². The maximum atomic E-state index is 5.43. The summed E-state index contributed by atoms with van der Waals surface area (Å²) in [6.45, 7) is 6.29. The van der Waals surface area contributed by atoms with Crippen LogP contribution in [0.4, 0.5) is 5.82 Å². The van der Waals surface area contributed by atoms with Crippen molar-refractivity contribution in [3.05, 3.63) is 11.6 Å². The molecule has 4 heterocycles. The van der Waals surface area contributed by atoms with Crippen LogP contribution in [0.1, 0.15) is 24.5 Å². The van der Waals surface area contributed by atoms with Gasteiger partial charge in [-0.2, -0.15) is 0 Å². The van der Waals surface area contributed by atoms with Crippen molar-refractivity contribution in [2.75, 3.05) is 31.2 Å². The van der Waals surface area contributed by atoms with Crippen LogP contribution in [0.3, 0.4) is 0 Å².